The van der Waals surface area contributed by atoms with Crippen LogP contribution in [0.4, 0.5) is 0 Å². The van der Waals surface area contributed by atoms with E-state index in [0.29, 0.717) is 30.5 Å². The molecule has 65 heavy (non-hydrogen) atoms. The minimum absolute atomic E-state index is 0.0313. The van der Waals surface area contributed by atoms with Crippen molar-refractivity contribution in [2.24, 2.45) is 23.1 Å². The van der Waals surface area contributed by atoms with Gasteiger partial charge in [-0.15, -0.1) is 5.10 Å². The molecule has 2 aliphatic rings. The number of carbonyl (C=O) groups is 8. The molecule has 346 valence electrons. The van der Waals surface area contributed by atoms with Gasteiger partial charge in [-0.05, 0) is 42.4 Å². The van der Waals surface area contributed by atoms with Gasteiger partial charge in [0.1, 0.15) is 30.2 Å². The van der Waals surface area contributed by atoms with Gasteiger partial charge in [0.25, 0.3) is 0 Å². The first kappa shape index (κ1) is 47.3. The van der Waals surface area contributed by atoms with Gasteiger partial charge in [-0.2, -0.15) is 0 Å². The van der Waals surface area contributed by atoms with Crippen molar-refractivity contribution in [3.63, 3.8) is 0 Å². The maximum atomic E-state index is 14.9. The van der Waals surface area contributed by atoms with Crippen LogP contribution in [0.25, 0.3) is 10.9 Å². The molecule has 2 saturated heterocycles. The van der Waals surface area contributed by atoms with Crippen LogP contribution in [0.5, 0.6) is 0 Å². The van der Waals surface area contributed by atoms with Gasteiger partial charge in [-0.3, -0.25) is 38.4 Å². The van der Waals surface area contributed by atoms with E-state index in [-0.39, 0.29) is 32.4 Å². The highest BCUT2D eigenvalue weighted by Gasteiger charge is 2.45. The fraction of sp³-hybridized carbons (Fsp3) is 0.455. The Kier molecular flexibility index (Phi) is 15.6. The number of nitrogens with one attached hydrogen (secondary N) is 6. The van der Waals surface area contributed by atoms with Crippen LogP contribution in [-0.2, 0) is 57.6 Å². The molecule has 8 amide bonds. The van der Waals surface area contributed by atoms with Gasteiger partial charge in [-0.1, -0.05) is 74.0 Å². The number of para-hydroxylation sites is 1. The number of primary amides is 2. The number of hydrogen-bond acceptors (Lipinski definition) is 11. The highest BCUT2D eigenvalue weighted by molar-refractivity contribution is 5.99. The number of rotatable bonds is 11. The molecule has 2 fully saturated rings. The molecule has 21 heteroatoms. The first-order valence-electron chi connectivity index (χ1n) is 21.7. The first-order chi connectivity index (χ1) is 31.1. The summed E-state index contributed by atoms with van der Waals surface area (Å²) in [5.41, 5.74) is 20.5. The third-order valence-corrected chi connectivity index (χ3v) is 12.0. The van der Waals surface area contributed by atoms with E-state index in [9.17, 15) is 38.4 Å². The molecule has 21 nitrogen and oxygen atoms in total. The largest absolute Gasteiger partial charge is 0.370 e. The predicted octanol–water partition coefficient (Wildman–Crippen LogP) is -1.49. The molecule has 2 aromatic carbocycles. The Labute approximate surface area is 374 Å². The molecule has 0 saturated carbocycles. The van der Waals surface area contributed by atoms with Crippen LogP contribution >= 0.6 is 0 Å². The number of fused-ring (bicyclic) bond motifs is 2. The standard InChI is InChI=1S/C44H57N13O8/c1-3-24(2)38-44(65)56-23-28(57-22-27(54-55-57)14-13-25-9-5-4-6-10-25)18-35(56)43(64)52-33(17-26-21-49-31-12-8-7-11-29(26)31)41(62)50-32(39(47)60)15-16-48-37(59)19-30(45)40(61)51-34(20-36(46)58)42(63)53-38/h4-12,21-22,24,28,30,32-35,38,49H,3,13-20,23,45H2,1-2H3,(H2,46,58)(H2,47,60)(H,48,59)(H,50,62)(H,51,61)(H,52,64)(H,53,63)/t24-,28-,30?,32-,33-,34-,35-,38-/m0/s1. The highest BCUT2D eigenvalue weighted by Crippen LogP contribution is 2.30. The summed E-state index contributed by atoms with van der Waals surface area (Å²) in [6, 6.07) is 8.43. The van der Waals surface area contributed by atoms with Crippen LogP contribution in [0.15, 0.2) is 67.0 Å². The van der Waals surface area contributed by atoms with E-state index in [1.165, 1.54) is 4.90 Å². The monoisotopic (exact) mass is 895 g/mol. The second kappa shape index (κ2) is 21.5. The third kappa shape index (κ3) is 12.1. The lowest BCUT2D eigenvalue weighted by Gasteiger charge is -2.33. The Balaban J connectivity index is 1.37. The summed E-state index contributed by atoms with van der Waals surface area (Å²) in [5, 5.41) is 22.6. The number of amides is 8. The van der Waals surface area contributed by atoms with Crippen molar-refractivity contribution >= 4 is 58.2 Å². The number of aromatic nitrogens is 4. The number of benzene rings is 2. The molecular formula is C44H57N13O8. The summed E-state index contributed by atoms with van der Waals surface area (Å²) in [6.07, 6.45) is 3.71. The number of H-pyrrole nitrogens is 1. The van der Waals surface area contributed by atoms with E-state index in [1.54, 1.807) is 30.9 Å². The maximum Gasteiger partial charge on any atom is 0.246 e. The summed E-state index contributed by atoms with van der Waals surface area (Å²) in [7, 11) is 0. The van der Waals surface area contributed by atoms with Gasteiger partial charge < -0.3 is 53.7 Å². The Bertz CT molecular complexity index is 2380. The van der Waals surface area contributed by atoms with E-state index >= 15 is 0 Å². The van der Waals surface area contributed by atoms with Crippen LogP contribution < -0.4 is 43.8 Å². The average Bonchev–Trinajstić information content (AvgIpc) is 4.05. The van der Waals surface area contributed by atoms with Gasteiger partial charge in [-0.25, -0.2) is 4.68 Å². The third-order valence-electron chi connectivity index (χ3n) is 12.0. The summed E-state index contributed by atoms with van der Waals surface area (Å²) in [4.78, 5) is 113. The van der Waals surface area contributed by atoms with E-state index in [0.717, 1.165) is 16.5 Å². The van der Waals surface area contributed by atoms with Crippen molar-refractivity contribution in [1.82, 2.24) is 51.5 Å². The van der Waals surface area contributed by atoms with Gasteiger partial charge in [0.2, 0.25) is 47.3 Å². The van der Waals surface area contributed by atoms with E-state index in [1.807, 2.05) is 54.6 Å². The second-order valence-electron chi connectivity index (χ2n) is 16.7. The van der Waals surface area contributed by atoms with Crippen LogP contribution in [0.1, 0.15) is 68.8 Å². The minimum atomic E-state index is -1.59. The van der Waals surface area contributed by atoms with Crippen LogP contribution in [-0.4, -0.2) is 121 Å². The highest BCUT2D eigenvalue weighted by atomic mass is 16.2. The molecular weight excluding hydrogens is 839 g/mol. The van der Waals surface area contributed by atoms with E-state index in [2.05, 4.69) is 41.9 Å². The van der Waals surface area contributed by atoms with Gasteiger partial charge in [0.05, 0.1) is 30.6 Å². The molecule has 12 N–H and O–H groups in total. The maximum absolute atomic E-state index is 14.9. The van der Waals surface area contributed by atoms with Crippen molar-refractivity contribution < 1.29 is 38.4 Å². The number of nitrogens with zero attached hydrogens (tertiary/aromatic N) is 4. The quantitative estimate of drug-likeness (QED) is 0.0836. The molecule has 4 heterocycles. The molecule has 0 radical (unpaired) electrons. The summed E-state index contributed by atoms with van der Waals surface area (Å²) >= 11 is 0. The zero-order chi connectivity index (χ0) is 46.8. The molecule has 6 rings (SSSR count). The predicted molar refractivity (Wildman–Crippen MR) is 235 cm³/mol. The fourth-order valence-corrected chi connectivity index (χ4v) is 8.10. The number of carbonyl (C=O) groups excluding carboxylic acids is 8. The average molecular weight is 896 g/mol. The van der Waals surface area contributed by atoms with Crippen molar-refractivity contribution in [1.29, 1.82) is 0 Å². The molecule has 0 spiro atoms. The zero-order valence-electron chi connectivity index (χ0n) is 36.3. The molecule has 1 unspecified atom stereocenters. The van der Waals surface area contributed by atoms with Crippen LogP contribution in [0.2, 0.25) is 0 Å². The Morgan fingerprint density at radius 2 is 1.57 bits per heavy atom. The SMILES string of the molecule is CC[C@H](C)[C@@H]1NC(=O)[C@H](CC(N)=O)NC(=O)C(N)CC(=O)NCC[C@@H](C(N)=O)NC(=O)[C@H](Cc2c[nH]c3ccccc23)NC(=O)[C@@H]2C[C@H](n3cc(CCc4ccccc4)nn3)CN2C1=O. The van der Waals surface area contributed by atoms with E-state index in [4.69, 9.17) is 17.2 Å². The lowest BCUT2D eigenvalue weighted by molar-refractivity contribution is -0.143. The number of hydrogen-bond donors (Lipinski definition) is 9. The second-order valence-corrected chi connectivity index (χ2v) is 16.7. The summed E-state index contributed by atoms with van der Waals surface area (Å²) in [6.45, 7) is 3.28. The van der Waals surface area contributed by atoms with Crippen molar-refractivity contribution in [3.8, 4) is 0 Å². The lowest BCUT2D eigenvalue weighted by Crippen LogP contribution is -2.60. The molecule has 4 aromatic rings. The smallest absolute Gasteiger partial charge is 0.246 e. The zero-order valence-corrected chi connectivity index (χ0v) is 36.3. The van der Waals surface area contributed by atoms with Gasteiger partial charge in [0.15, 0.2) is 0 Å². The normalized spacial score (nSPS) is 24.7. The van der Waals surface area contributed by atoms with Crippen LogP contribution in [0.3, 0.4) is 0 Å². The lowest BCUT2D eigenvalue weighted by atomic mass is 9.96. The summed E-state index contributed by atoms with van der Waals surface area (Å²) in [5.74, 6) is -7.13. The van der Waals surface area contributed by atoms with Gasteiger partial charge >= 0.3 is 0 Å². The molecule has 0 bridgehead atoms. The van der Waals surface area contributed by atoms with Crippen molar-refractivity contribution in [3.05, 3.63) is 83.8 Å². The molecule has 2 aliphatic heterocycles. The Morgan fingerprint density at radius 3 is 2.29 bits per heavy atom. The summed E-state index contributed by atoms with van der Waals surface area (Å²) < 4.78 is 1.60. The molecule has 2 aromatic heterocycles. The number of aromatic amines is 1. The van der Waals surface area contributed by atoms with Crippen LogP contribution in [0, 0.1) is 5.92 Å². The topological polar surface area (TPSA) is 325 Å². The Morgan fingerprint density at radius 1 is 0.862 bits per heavy atom. The van der Waals surface area contributed by atoms with Crippen molar-refractivity contribution in [2.75, 3.05) is 13.1 Å². The van der Waals surface area contributed by atoms with E-state index < -0.39 is 108 Å². The van der Waals surface area contributed by atoms with Gasteiger partial charge in [0, 0.05) is 49.2 Å². The number of aryl methyl sites for hydroxylation is 2. The fourth-order valence-electron chi connectivity index (χ4n) is 8.10. The van der Waals surface area contributed by atoms with Crippen molar-refractivity contribution in [2.45, 2.75) is 108 Å². The molecule has 0 aliphatic carbocycles. The molecule has 8 atom stereocenters. The Hall–Kier alpha value is -7.16. The number of nitrogens with two attached hydrogens (primary N) is 3. The first-order valence-corrected chi connectivity index (χ1v) is 21.7. The minimum Gasteiger partial charge on any atom is -0.370 e.